The van der Waals surface area contributed by atoms with E-state index < -0.39 is 5.97 Å². The van der Waals surface area contributed by atoms with Gasteiger partial charge in [-0.05, 0) is 18.2 Å². The number of hydrogen-bond donors (Lipinski definition) is 3. The van der Waals surface area contributed by atoms with Crippen molar-refractivity contribution in [1.29, 1.82) is 0 Å². The van der Waals surface area contributed by atoms with E-state index in [1.807, 2.05) is 0 Å². The average Bonchev–Trinajstić information content (AvgIpc) is 2.47. The maximum Gasteiger partial charge on any atom is 0.335 e. The molecule has 4 nitrogen and oxygen atoms in total. The number of nitrogens with one attached hydrogen (secondary N) is 1. The molecule has 4 N–H and O–H groups in total. The number of nitrogens with two attached hydrogens (primary N) is 1. The van der Waals surface area contributed by atoms with Crippen LogP contribution in [0.3, 0.4) is 0 Å². The highest BCUT2D eigenvalue weighted by molar-refractivity contribution is 5.97. The number of carbonyl (C=O) groups is 1. The molecule has 2 aromatic rings. The number of aromatic amines is 1. The molecule has 0 fully saturated rings. The van der Waals surface area contributed by atoms with Crippen LogP contribution in [0.15, 0.2) is 24.4 Å². The van der Waals surface area contributed by atoms with E-state index in [-0.39, 0.29) is 5.56 Å². The maximum atomic E-state index is 10.6. The predicted octanol–water partition coefficient (Wildman–Crippen LogP) is 1.45. The van der Waals surface area contributed by atoms with E-state index in [0.717, 1.165) is 10.9 Å². The third-order valence-corrected chi connectivity index (χ3v) is 1.96. The SMILES string of the molecule is Nc1c[nH]c2cc(C(=O)O)ccc12. The van der Waals surface area contributed by atoms with Crippen LogP contribution in [-0.2, 0) is 0 Å². The summed E-state index contributed by atoms with van der Waals surface area (Å²) in [6.45, 7) is 0. The van der Waals surface area contributed by atoms with Crippen LogP contribution < -0.4 is 5.73 Å². The molecule has 0 unspecified atom stereocenters. The first-order valence-electron chi connectivity index (χ1n) is 3.78. The van der Waals surface area contributed by atoms with Crippen LogP contribution in [0.1, 0.15) is 10.4 Å². The van der Waals surface area contributed by atoms with Gasteiger partial charge in [-0.25, -0.2) is 4.79 Å². The van der Waals surface area contributed by atoms with Gasteiger partial charge in [-0.2, -0.15) is 0 Å². The summed E-state index contributed by atoms with van der Waals surface area (Å²) in [5, 5.41) is 9.56. The Labute approximate surface area is 74.0 Å². The van der Waals surface area contributed by atoms with Gasteiger partial charge in [0.15, 0.2) is 0 Å². The van der Waals surface area contributed by atoms with Gasteiger partial charge in [0.25, 0.3) is 0 Å². The van der Waals surface area contributed by atoms with Crippen molar-refractivity contribution >= 4 is 22.6 Å². The van der Waals surface area contributed by atoms with Crippen molar-refractivity contribution in [3.63, 3.8) is 0 Å². The van der Waals surface area contributed by atoms with Gasteiger partial charge in [-0.15, -0.1) is 0 Å². The number of rotatable bonds is 1. The van der Waals surface area contributed by atoms with E-state index >= 15 is 0 Å². The first-order chi connectivity index (χ1) is 6.18. The maximum absolute atomic E-state index is 10.6. The van der Waals surface area contributed by atoms with Crippen molar-refractivity contribution in [2.75, 3.05) is 5.73 Å². The molecule has 66 valence electrons. The van der Waals surface area contributed by atoms with Crippen molar-refractivity contribution in [2.45, 2.75) is 0 Å². The molecule has 0 radical (unpaired) electrons. The third-order valence-electron chi connectivity index (χ3n) is 1.96. The smallest absolute Gasteiger partial charge is 0.335 e. The number of carboxylic acids is 1. The molecular formula is C9H8N2O2. The lowest BCUT2D eigenvalue weighted by molar-refractivity contribution is 0.0697. The molecule has 13 heavy (non-hydrogen) atoms. The molecule has 0 atom stereocenters. The van der Waals surface area contributed by atoms with Crippen molar-refractivity contribution in [1.82, 2.24) is 4.98 Å². The highest BCUT2D eigenvalue weighted by Gasteiger charge is 2.05. The van der Waals surface area contributed by atoms with E-state index in [0.29, 0.717) is 5.69 Å². The van der Waals surface area contributed by atoms with Gasteiger partial charge in [0.1, 0.15) is 0 Å². The lowest BCUT2D eigenvalue weighted by atomic mass is 10.1. The molecule has 0 aliphatic heterocycles. The Hall–Kier alpha value is -1.97. The zero-order valence-electron chi connectivity index (χ0n) is 6.74. The molecule has 0 saturated carbocycles. The fourth-order valence-electron chi connectivity index (χ4n) is 1.28. The van der Waals surface area contributed by atoms with E-state index in [1.54, 1.807) is 18.3 Å². The number of nitrogen functional groups attached to an aromatic ring is 1. The normalized spacial score (nSPS) is 10.5. The number of fused-ring (bicyclic) bond motifs is 1. The van der Waals surface area contributed by atoms with Gasteiger partial charge < -0.3 is 15.8 Å². The fraction of sp³-hybridized carbons (Fsp3) is 0. The van der Waals surface area contributed by atoms with Gasteiger partial charge in [-0.1, -0.05) is 0 Å². The largest absolute Gasteiger partial charge is 0.478 e. The second-order valence-corrected chi connectivity index (χ2v) is 2.81. The third kappa shape index (κ3) is 1.12. The Bertz CT molecular complexity index is 473. The van der Waals surface area contributed by atoms with Crippen LogP contribution in [0.4, 0.5) is 5.69 Å². The van der Waals surface area contributed by atoms with Crippen molar-refractivity contribution in [3.05, 3.63) is 30.0 Å². The first-order valence-corrected chi connectivity index (χ1v) is 3.78. The van der Waals surface area contributed by atoms with Crippen LogP contribution in [0, 0.1) is 0 Å². The van der Waals surface area contributed by atoms with E-state index in [4.69, 9.17) is 10.8 Å². The minimum Gasteiger partial charge on any atom is -0.478 e. The summed E-state index contributed by atoms with van der Waals surface area (Å²) in [4.78, 5) is 13.5. The van der Waals surface area contributed by atoms with Gasteiger partial charge >= 0.3 is 5.97 Å². The number of carboxylic acid groups (broad SMARTS) is 1. The molecule has 0 amide bonds. The Balaban J connectivity index is 2.70. The van der Waals surface area contributed by atoms with Gasteiger partial charge in [-0.3, -0.25) is 0 Å². The number of hydrogen-bond acceptors (Lipinski definition) is 2. The molecule has 0 aliphatic rings. The number of anilines is 1. The number of aromatic carboxylic acids is 1. The number of H-pyrrole nitrogens is 1. The minimum atomic E-state index is -0.935. The van der Waals surface area contributed by atoms with E-state index in [2.05, 4.69) is 4.98 Å². The number of benzene rings is 1. The van der Waals surface area contributed by atoms with Crippen LogP contribution in [0.5, 0.6) is 0 Å². The second-order valence-electron chi connectivity index (χ2n) is 2.81. The molecule has 0 saturated heterocycles. The first kappa shape index (κ1) is 7.67. The summed E-state index contributed by atoms with van der Waals surface area (Å²) >= 11 is 0. The Morgan fingerprint density at radius 2 is 2.23 bits per heavy atom. The fourth-order valence-corrected chi connectivity index (χ4v) is 1.28. The van der Waals surface area contributed by atoms with Crippen LogP contribution >= 0.6 is 0 Å². The molecule has 1 aromatic heterocycles. The summed E-state index contributed by atoms with van der Waals surface area (Å²) < 4.78 is 0. The zero-order chi connectivity index (χ0) is 9.42. The zero-order valence-corrected chi connectivity index (χ0v) is 6.74. The lowest BCUT2D eigenvalue weighted by Crippen LogP contribution is -1.94. The molecule has 0 spiro atoms. The monoisotopic (exact) mass is 176 g/mol. The predicted molar refractivity (Wildman–Crippen MR) is 49.7 cm³/mol. The molecule has 0 bridgehead atoms. The summed E-state index contributed by atoms with van der Waals surface area (Å²) in [5.41, 5.74) is 7.26. The van der Waals surface area contributed by atoms with Crippen LogP contribution in [0.25, 0.3) is 10.9 Å². The van der Waals surface area contributed by atoms with Crippen molar-refractivity contribution < 1.29 is 9.90 Å². The van der Waals surface area contributed by atoms with Crippen LogP contribution in [-0.4, -0.2) is 16.1 Å². The summed E-state index contributed by atoms with van der Waals surface area (Å²) in [6, 6.07) is 4.80. The number of aromatic nitrogens is 1. The van der Waals surface area contributed by atoms with Crippen molar-refractivity contribution in [2.24, 2.45) is 0 Å². The van der Waals surface area contributed by atoms with Gasteiger partial charge in [0.2, 0.25) is 0 Å². The van der Waals surface area contributed by atoms with Crippen molar-refractivity contribution in [3.8, 4) is 0 Å². The quantitative estimate of drug-likeness (QED) is 0.615. The summed E-state index contributed by atoms with van der Waals surface area (Å²) in [7, 11) is 0. The second kappa shape index (κ2) is 2.52. The summed E-state index contributed by atoms with van der Waals surface area (Å²) in [5.74, 6) is -0.935. The highest BCUT2D eigenvalue weighted by atomic mass is 16.4. The average molecular weight is 176 g/mol. The topological polar surface area (TPSA) is 79.1 Å². The van der Waals surface area contributed by atoms with Gasteiger partial charge in [0.05, 0.1) is 11.3 Å². The molecule has 4 heteroatoms. The van der Waals surface area contributed by atoms with Gasteiger partial charge in [0, 0.05) is 17.1 Å². The Morgan fingerprint density at radius 1 is 1.46 bits per heavy atom. The lowest BCUT2D eigenvalue weighted by Gasteiger charge is -1.94. The molecule has 1 heterocycles. The minimum absolute atomic E-state index is 0.259. The van der Waals surface area contributed by atoms with Crippen LogP contribution in [0.2, 0.25) is 0 Å². The molecule has 2 rings (SSSR count). The Morgan fingerprint density at radius 3 is 2.92 bits per heavy atom. The molecule has 1 aromatic carbocycles. The molecule has 0 aliphatic carbocycles. The molecular weight excluding hydrogens is 168 g/mol. The van der Waals surface area contributed by atoms with E-state index in [9.17, 15) is 4.79 Å². The van der Waals surface area contributed by atoms with E-state index in [1.165, 1.54) is 6.07 Å². The summed E-state index contributed by atoms with van der Waals surface area (Å²) in [6.07, 6.45) is 1.65. The standard InChI is InChI=1S/C9H8N2O2/c10-7-4-11-8-3-5(9(12)13)1-2-6(7)8/h1-4,11H,10H2,(H,12,13). The Kier molecular flexibility index (Phi) is 1.48. The highest BCUT2D eigenvalue weighted by Crippen LogP contribution is 2.20.